The van der Waals surface area contributed by atoms with Crippen LogP contribution >= 0.6 is 0 Å². The largest absolute Gasteiger partial charge is 0.503 e. The van der Waals surface area contributed by atoms with Crippen molar-refractivity contribution in [3.8, 4) is 0 Å². The van der Waals surface area contributed by atoms with Crippen molar-refractivity contribution in [2.45, 2.75) is 58.9 Å². The molecule has 0 bridgehead atoms. The van der Waals surface area contributed by atoms with Crippen molar-refractivity contribution >= 4 is 11.7 Å². The standard InChI is InChI=1S/C20H27NO3/c1-4-7-8-13-21-18(15-11-9-14(5-2)10-12-15)17(16(22)6-3)19(23)20(21)24/h9-12,18,23H,4-8,13H2,1-3H3. The van der Waals surface area contributed by atoms with Crippen molar-refractivity contribution in [3.63, 3.8) is 0 Å². The van der Waals surface area contributed by atoms with Gasteiger partial charge < -0.3 is 10.0 Å². The van der Waals surface area contributed by atoms with Gasteiger partial charge in [0.1, 0.15) is 0 Å². The number of carbonyl (C=O) groups is 2. The zero-order valence-electron chi connectivity index (χ0n) is 14.8. The van der Waals surface area contributed by atoms with Crippen LogP contribution in [0.5, 0.6) is 0 Å². The molecule has 4 heteroatoms. The highest BCUT2D eigenvalue weighted by Gasteiger charge is 2.42. The molecule has 1 aliphatic heterocycles. The molecule has 4 nitrogen and oxygen atoms in total. The van der Waals surface area contributed by atoms with E-state index in [1.807, 2.05) is 24.3 Å². The maximum absolute atomic E-state index is 12.5. The van der Waals surface area contributed by atoms with Crippen LogP contribution in [-0.2, 0) is 16.0 Å². The third-order valence-electron chi connectivity index (χ3n) is 4.63. The molecule has 1 unspecified atom stereocenters. The number of amides is 1. The van der Waals surface area contributed by atoms with Gasteiger partial charge in [-0.1, -0.05) is 57.9 Å². The van der Waals surface area contributed by atoms with Gasteiger partial charge >= 0.3 is 0 Å². The van der Waals surface area contributed by atoms with E-state index < -0.39 is 11.9 Å². The lowest BCUT2D eigenvalue weighted by Crippen LogP contribution is -2.32. The molecular weight excluding hydrogens is 302 g/mol. The summed E-state index contributed by atoms with van der Waals surface area (Å²) < 4.78 is 0. The number of aryl methyl sites for hydroxylation is 1. The minimum atomic E-state index is -0.465. The van der Waals surface area contributed by atoms with Gasteiger partial charge in [-0.2, -0.15) is 0 Å². The highest BCUT2D eigenvalue weighted by Crippen LogP contribution is 2.38. The lowest BCUT2D eigenvalue weighted by Gasteiger charge is -2.27. The number of carbonyl (C=O) groups excluding carboxylic acids is 2. The number of hydrogen-bond donors (Lipinski definition) is 1. The molecule has 0 aliphatic carbocycles. The van der Waals surface area contributed by atoms with Gasteiger partial charge in [0.05, 0.1) is 11.6 Å². The van der Waals surface area contributed by atoms with Crippen molar-refractivity contribution in [2.75, 3.05) is 6.54 Å². The Morgan fingerprint density at radius 3 is 2.33 bits per heavy atom. The summed E-state index contributed by atoms with van der Waals surface area (Å²) in [5.74, 6) is -0.959. The fourth-order valence-corrected chi connectivity index (χ4v) is 3.17. The second kappa shape index (κ2) is 8.13. The van der Waals surface area contributed by atoms with Crippen molar-refractivity contribution < 1.29 is 14.7 Å². The molecule has 1 aliphatic rings. The topological polar surface area (TPSA) is 57.6 Å². The Labute approximate surface area is 144 Å². The normalized spacial score (nSPS) is 17.7. The molecule has 0 fully saturated rings. The molecule has 1 aromatic carbocycles. The highest BCUT2D eigenvalue weighted by atomic mass is 16.3. The molecule has 0 saturated carbocycles. The maximum atomic E-state index is 12.5. The Morgan fingerprint density at radius 1 is 1.12 bits per heavy atom. The Bertz CT molecular complexity index is 631. The van der Waals surface area contributed by atoms with E-state index >= 15 is 0 Å². The molecule has 1 heterocycles. The number of rotatable bonds is 8. The highest BCUT2D eigenvalue weighted by molar-refractivity contribution is 6.08. The summed E-state index contributed by atoms with van der Waals surface area (Å²) in [6, 6.07) is 7.50. The molecule has 2 rings (SSSR count). The van der Waals surface area contributed by atoms with Crippen LogP contribution in [0.15, 0.2) is 35.6 Å². The predicted octanol–water partition coefficient (Wildman–Crippen LogP) is 4.11. The number of Topliss-reactive ketones (excluding diaryl/α,β-unsaturated/α-hetero) is 1. The van der Waals surface area contributed by atoms with E-state index in [2.05, 4.69) is 13.8 Å². The van der Waals surface area contributed by atoms with E-state index in [1.165, 1.54) is 5.56 Å². The summed E-state index contributed by atoms with van der Waals surface area (Å²) in [7, 11) is 0. The fraction of sp³-hybridized carbons (Fsp3) is 0.500. The first kappa shape index (κ1) is 18.2. The van der Waals surface area contributed by atoms with E-state index in [1.54, 1.807) is 11.8 Å². The van der Waals surface area contributed by atoms with Gasteiger partial charge in [-0.15, -0.1) is 0 Å². The predicted molar refractivity (Wildman–Crippen MR) is 94.8 cm³/mol. The molecule has 1 aromatic rings. The summed E-state index contributed by atoms with van der Waals surface area (Å²) in [6.07, 6.45) is 4.15. The smallest absolute Gasteiger partial charge is 0.290 e. The Hall–Kier alpha value is -2.10. The van der Waals surface area contributed by atoms with E-state index in [-0.39, 0.29) is 23.5 Å². The van der Waals surface area contributed by atoms with Gasteiger partial charge in [-0.25, -0.2) is 0 Å². The Kier molecular flexibility index (Phi) is 6.18. The third kappa shape index (κ3) is 3.53. The average molecular weight is 329 g/mol. The van der Waals surface area contributed by atoms with Crippen LogP contribution in [0.3, 0.4) is 0 Å². The van der Waals surface area contributed by atoms with Crippen molar-refractivity contribution in [1.82, 2.24) is 4.90 Å². The molecule has 0 aromatic heterocycles. The molecule has 1 atom stereocenters. The van der Waals surface area contributed by atoms with Crippen molar-refractivity contribution in [1.29, 1.82) is 0 Å². The van der Waals surface area contributed by atoms with Crippen LogP contribution in [0.1, 0.15) is 63.6 Å². The van der Waals surface area contributed by atoms with Crippen LogP contribution in [0.2, 0.25) is 0 Å². The number of nitrogens with zero attached hydrogens (tertiary/aromatic N) is 1. The van der Waals surface area contributed by atoms with Gasteiger partial charge in [0.2, 0.25) is 0 Å². The molecule has 1 N–H and O–H groups in total. The number of aliphatic hydroxyl groups excluding tert-OH is 1. The maximum Gasteiger partial charge on any atom is 0.290 e. The minimum absolute atomic E-state index is 0.164. The first-order chi connectivity index (χ1) is 11.5. The molecule has 0 spiro atoms. The molecular formula is C20H27NO3. The summed E-state index contributed by atoms with van der Waals surface area (Å²) in [5, 5.41) is 10.3. The Balaban J connectivity index is 2.40. The quantitative estimate of drug-likeness (QED) is 0.730. The van der Waals surface area contributed by atoms with Crippen LogP contribution < -0.4 is 0 Å². The van der Waals surface area contributed by atoms with Gasteiger partial charge in [0, 0.05) is 13.0 Å². The van der Waals surface area contributed by atoms with Crippen LogP contribution in [0.25, 0.3) is 0 Å². The Morgan fingerprint density at radius 2 is 1.79 bits per heavy atom. The first-order valence-corrected chi connectivity index (χ1v) is 8.91. The summed E-state index contributed by atoms with van der Waals surface area (Å²) in [4.78, 5) is 26.5. The number of unbranched alkanes of at least 4 members (excludes halogenated alkanes) is 2. The van der Waals surface area contributed by atoms with Crippen LogP contribution in [-0.4, -0.2) is 28.2 Å². The minimum Gasteiger partial charge on any atom is -0.503 e. The van der Waals surface area contributed by atoms with Gasteiger partial charge in [-0.05, 0) is 24.0 Å². The lowest BCUT2D eigenvalue weighted by molar-refractivity contribution is -0.129. The number of ketones is 1. The molecule has 1 amide bonds. The zero-order chi connectivity index (χ0) is 17.7. The van der Waals surface area contributed by atoms with Gasteiger partial charge in [0.25, 0.3) is 5.91 Å². The van der Waals surface area contributed by atoms with Crippen LogP contribution in [0, 0.1) is 0 Å². The first-order valence-electron chi connectivity index (χ1n) is 8.91. The number of aliphatic hydroxyl groups is 1. The van der Waals surface area contributed by atoms with E-state index in [0.717, 1.165) is 31.2 Å². The van der Waals surface area contributed by atoms with Crippen molar-refractivity contribution in [2.24, 2.45) is 0 Å². The molecule has 0 radical (unpaired) electrons. The lowest BCUT2D eigenvalue weighted by atomic mass is 9.94. The van der Waals surface area contributed by atoms with Gasteiger partial charge in [0.15, 0.2) is 11.5 Å². The van der Waals surface area contributed by atoms with E-state index in [4.69, 9.17) is 0 Å². The second-order valence-electron chi connectivity index (χ2n) is 6.24. The zero-order valence-corrected chi connectivity index (χ0v) is 14.8. The van der Waals surface area contributed by atoms with Crippen molar-refractivity contribution in [3.05, 3.63) is 46.7 Å². The van der Waals surface area contributed by atoms with Gasteiger partial charge in [-0.3, -0.25) is 9.59 Å². The number of benzene rings is 1. The summed E-state index contributed by atoms with van der Waals surface area (Å²) >= 11 is 0. The average Bonchev–Trinajstić information content (AvgIpc) is 2.86. The number of hydrogen-bond acceptors (Lipinski definition) is 3. The summed E-state index contributed by atoms with van der Waals surface area (Å²) in [6.45, 7) is 6.50. The third-order valence-corrected chi connectivity index (χ3v) is 4.63. The van der Waals surface area contributed by atoms with E-state index in [0.29, 0.717) is 6.54 Å². The SMILES string of the molecule is CCCCCN1C(=O)C(O)=C(C(=O)CC)C1c1ccc(CC)cc1. The fourth-order valence-electron chi connectivity index (χ4n) is 3.17. The monoisotopic (exact) mass is 329 g/mol. The molecule has 24 heavy (non-hydrogen) atoms. The van der Waals surface area contributed by atoms with E-state index in [9.17, 15) is 14.7 Å². The molecule has 130 valence electrons. The van der Waals surface area contributed by atoms with Crippen LogP contribution in [0.4, 0.5) is 0 Å². The second-order valence-corrected chi connectivity index (χ2v) is 6.24. The molecule has 0 saturated heterocycles. The summed E-state index contributed by atoms with van der Waals surface area (Å²) in [5.41, 5.74) is 2.35.